The standard InChI is InChI=1S/C13H20BrN3O/c1-9-13(14)12(17(2)16-9)7-11(18)6-10-4-3-5-15-8-10/h10,15H,3-8H2,1-2H3. The molecule has 2 heterocycles. The van der Waals surface area contributed by atoms with Crippen LogP contribution in [-0.2, 0) is 18.3 Å². The van der Waals surface area contributed by atoms with Gasteiger partial charge in [0, 0.05) is 19.9 Å². The van der Waals surface area contributed by atoms with Crippen LogP contribution >= 0.6 is 15.9 Å². The van der Waals surface area contributed by atoms with E-state index >= 15 is 0 Å². The maximum atomic E-state index is 12.1. The highest BCUT2D eigenvalue weighted by atomic mass is 79.9. The third kappa shape index (κ3) is 3.20. The van der Waals surface area contributed by atoms with Gasteiger partial charge in [-0.1, -0.05) is 0 Å². The number of Topliss-reactive ketones (excluding diaryl/α,β-unsaturated/α-hetero) is 1. The fraction of sp³-hybridized carbons (Fsp3) is 0.692. The lowest BCUT2D eigenvalue weighted by Gasteiger charge is -2.21. The fourth-order valence-electron chi connectivity index (χ4n) is 2.55. The zero-order valence-electron chi connectivity index (χ0n) is 11.0. The van der Waals surface area contributed by atoms with Gasteiger partial charge in [-0.05, 0) is 54.7 Å². The summed E-state index contributed by atoms with van der Waals surface area (Å²) in [6.07, 6.45) is 3.52. The maximum Gasteiger partial charge on any atom is 0.139 e. The normalized spacial score (nSPS) is 20.1. The summed E-state index contributed by atoms with van der Waals surface area (Å²) < 4.78 is 2.77. The summed E-state index contributed by atoms with van der Waals surface area (Å²) >= 11 is 3.51. The number of nitrogens with zero attached hydrogens (tertiary/aromatic N) is 2. The summed E-state index contributed by atoms with van der Waals surface area (Å²) in [5, 5.41) is 7.67. The zero-order chi connectivity index (χ0) is 13.1. The molecule has 1 saturated heterocycles. The molecule has 1 atom stereocenters. The number of aromatic nitrogens is 2. The van der Waals surface area contributed by atoms with Gasteiger partial charge >= 0.3 is 0 Å². The number of hydrogen-bond acceptors (Lipinski definition) is 3. The van der Waals surface area contributed by atoms with E-state index in [1.54, 1.807) is 4.68 Å². The zero-order valence-corrected chi connectivity index (χ0v) is 12.6. The number of hydrogen-bond donors (Lipinski definition) is 1. The van der Waals surface area contributed by atoms with Crippen LogP contribution in [0.15, 0.2) is 4.47 Å². The number of halogens is 1. The molecular weight excluding hydrogens is 294 g/mol. The van der Waals surface area contributed by atoms with Crippen LogP contribution in [0.1, 0.15) is 30.7 Å². The molecule has 0 amide bonds. The minimum Gasteiger partial charge on any atom is -0.316 e. The predicted molar refractivity (Wildman–Crippen MR) is 74.6 cm³/mol. The predicted octanol–water partition coefficient (Wildman–Crippen LogP) is 1.99. The Bertz CT molecular complexity index is 436. The summed E-state index contributed by atoms with van der Waals surface area (Å²) in [4.78, 5) is 12.1. The van der Waals surface area contributed by atoms with Crippen molar-refractivity contribution in [1.82, 2.24) is 15.1 Å². The van der Waals surface area contributed by atoms with Gasteiger partial charge in [0.05, 0.1) is 15.9 Å². The molecule has 0 spiro atoms. The van der Waals surface area contributed by atoms with Crippen LogP contribution in [0.4, 0.5) is 0 Å². The van der Waals surface area contributed by atoms with Gasteiger partial charge in [0.2, 0.25) is 0 Å². The van der Waals surface area contributed by atoms with Crippen LogP contribution in [0.25, 0.3) is 0 Å². The van der Waals surface area contributed by atoms with Crippen molar-refractivity contribution in [2.24, 2.45) is 13.0 Å². The van der Waals surface area contributed by atoms with Crippen molar-refractivity contribution in [2.75, 3.05) is 13.1 Å². The van der Waals surface area contributed by atoms with Gasteiger partial charge in [-0.25, -0.2) is 0 Å². The van der Waals surface area contributed by atoms with E-state index in [-0.39, 0.29) is 0 Å². The minimum absolute atomic E-state index is 0.312. The molecule has 1 aromatic heterocycles. The first-order valence-electron chi connectivity index (χ1n) is 6.48. The largest absolute Gasteiger partial charge is 0.316 e. The molecule has 1 aliphatic rings. The van der Waals surface area contributed by atoms with Crippen LogP contribution in [0.3, 0.4) is 0 Å². The third-order valence-electron chi connectivity index (χ3n) is 3.54. The van der Waals surface area contributed by atoms with Crippen LogP contribution < -0.4 is 5.32 Å². The number of aryl methyl sites for hydroxylation is 2. The minimum atomic E-state index is 0.312. The lowest BCUT2D eigenvalue weighted by Crippen LogP contribution is -2.31. The second kappa shape index (κ2) is 5.97. The molecule has 0 radical (unpaired) electrons. The maximum absolute atomic E-state index is 12.1. The highest BCUT2D eigenvalue weighted by Gasteiger charge is 2.19. The molecule has 1 unspecified atom stereocenters. The molecule has 4 nitrogen and oxygen atoms in total. The molecule has 1 N–H and O–H groups in total. The fourth-order valence-corrected chi connectivity index (χ4v) is 3.03. The van der Waals surface area contributed by atoms with Crippen molar-refractivity contribution in [3.8, 4) is 0 Å². The smallest absolute Gasteiger partial charge is 0.139 e. The van der Waals surface area contributed by atoms with Gasteiger partial charge in [0.25, 0.3) is 0 Å². The number of carbonyl (C=O) groups is 1. The highest BCUT2D eigenvalue weighted by Crippen LogP contribution is 2.22. The molecule has 100 valence electrons. The molecule has 1 aromatic rings. The number of piperidine rings is 1. The average molecular weight is 314 g/mol. The third-order valence-corrected chi connectivity index (χ3v) is 4.57. The molecule has 1 fully saturated rings. The van der Waals surface area contributed by atoms with Crippen LogP contribution in [0.5, 0.6) is 0 Å². The van der Waals surface area contributed by atoms with Crippen molar-refractivity contribution < 1.29 is 4.79 Å². The topological polar surface area (TPSA) is 46.9 Å². The van der Waals surface area contributed by atoms with Crippen molar-refractivity contribution in [1.29, 1.82) is 0 Å². The first-order valence-corrected chi connectivity index (χ1v) is 7.27. The van der Waals surface area contributed by atoms with E-state index in [1.807, 2.05) is 14.0 Å². The van der Waals surface area contributed by atoms with Crippen molar-refractivity contribution in [3.05, 3.63) is 15.9 Å². The molecule has 0 bridgehead atoms. The van der Waals surface area contributed by atoms with Crippen LogP contribution in [0, 0.1) is 12.8 Å². The molecule has 0 aliphatic carbocycles. The molecule has 2 rings (SSSR count). The quantitative estimate of drug-likeness (QED) is 0.924. The summed E-state index contributed by atoms with van der Waals surface area (Å²) in [5.41, 5.74) is 1.93. The second-order valence-corrected chi connectivity index (χ2v) is 5.89. The Morgan fingerprint density at radius 3 is 2.94 bits per heavy atom. The Hall–Kier alpha value is -0.680. The van der Waals surface area contributed by atoms with Crippen LogP contribution in [0.2, 0.25) is 0 Å². The number of ketones is 1. The summed E-state index contributed by atoms with van der Waals surface area (Å²) in [6.45, 7) is 4.03. The lowest BCUT2D eigenvalue weighted by atomic mass is 9.93. The van der Waals surface area contributed by atoms with E-state index in [4.69, 9.17) is 0 Å². The molecular formula is C13H20BrN3O. The average Bonchev–Trinajstić information content (AvgIpc) is 2.57. The molecule has 18 heavy (non-hydrogen) atoms. The monoisotopic (exact) mass is 313 g/mol. The van der Waals surface area contributed by atoms with Crippen molar-refractivity contribution in [3.63, 3.8) is 0 Å². The van der Waals surface area contributed by atoms with Gasteiger partial charge in [-0.2, -0.15) is 5.10 Å². The summed E-state index contributed by atoms with van der Waals surface area (Å²) in [7, 11) is 1.89. The Kier molecular flexibility index (Phi) is 4.56. The van der Waals surface area contributed by atoms with E-state index < -0.39 is 0 Å². The first-order chi connectivity index (χ1) is 8.58. The van der Waals surface area contributed by atoms with Crippen molar-refractivity contribution in [2.45, 2.75) is 32.6 Å². The van der Waals surface area contributed by atoms with E-state index in [2.05, 4.69) is 26.3 Å². The molecule has 1 aliphatic heterocycles. The summed E-state index contributed by atoms with van der Waals surface area (Å²) in [6, 6.07) is 0. The Morgan fingerprint density at radius 2 is 2.39 bits per heavy atom. The number of nitrogens with one attached hydrogen (secondary N) is 1. The van der Waals surface area contributed by atoms with Gasteiger partial charge in [0.15, 0.2) is 0 Å². The van der Waals surface area contributed by atoms with E-state index in [9.17, 15) is 4.79 Å². The Morgan fingerprint density at radius 1 is 1.61 bits per heavy atom. The van der Waals surface area contributed by atoms with Crippen molar-refractivity contribution >= 4 is 21.7 Å². The van der Waals surface area contributed by atoms with E-state index in [0.29, 0.717) is 24.5 Å². The number of rotatable bonds is 4. The molecule has 5 heteroatoms. The molecule has 0 saturated carbocycles. The summed E-state index contributed by atoms with van der Waals surface area (Å²) in [5.74, 6) is 0.826. The van der Waals surface area contributed by atoms with Gasteiger partial charge < -0.3 is 5.32 Å². The first kappa shape index (κ1) is 13.7. The Labute approximate surface area is 116 Å². The molecule has 0 aromatic carbocycles. The number of carbonyl (C=O) groups excluding carboxylic acids is 1. The highest BCUT2D eigenvalue weighted by molar-refractivity contribution is 9.10. The SMILES string of the molecule is Cc1nn(C)c(CC(=O)CC2CCCNC2)c1Br. The van der Waals surface area contributed by atoms with Gasteiger partial charge in [-0.15, -0.1) is 0 Å². The second-order valence-electron chi connectivity index (χ2n) is 5.10. The van der Waals surface area contributed by atoms with Crippen LogP contribution in [-0.4, -0.2) is 28.7 Å². The van der Waals surface area contributed by atoms with Gasteiger partial charge in [-0.3, -0.25) is 9.48 Å². The van der Waals surface area contributed by atoms with Gasteiger partial charge in [0.1, 0.15) is 5.78 Å². The van der Waals surface area contributed by atoms with E-state index in [0.717, 1.165) is 29.0 Å². The van der Waals surface area contributed by atoms with E-state index in [1.165, 1.54) is 12.8 Å². The lowest BCUT2D eigenvalue weighted by molar-refractivity contribution is -0.119. The Balaban J connectivity index is 1.94.